The summed E-state index contributed by atoms with van der Waals surface area (Å²) in [5.74, 6) is 0. The summed E-state index contributed by atoms with van der Waals surface area (Å²) in [7, 11) is 0. The van der Waals surface area contributed by atoms with E-state index in [1.165, 1.54) is 59.2 Å². The lowest BCUT2D eigenvalue weighted by Gasteiger charge is -2.23. The first-order valence-electron chi connectivity index (χ1n) is 8.89. The Balaban J connectivity index is 2.09. The van der Waals surface area contributed by atoms with Crippen LogP contribution in [-0.2, 0) is 0 Å². The van der Waals surface area contributed by atoms with E-state index >= 15 is 0 Å². The molecule has 0 heterocycles. The second kappa shape index (κ2) is 4.67. The fourth-order valence-electron chi connectivity index (χ4n) is 5.12. The molecule has 0 radical (unpaired) electrons. The molecule has 0 nitrogen and oxygen atoms in total. The van der Waals surface area contributed by atoms with Crippen molar-refractivity contribution in [2.24, 2.45) is 0 Å². The zero-order chi connectivity index (χ0) is 18.0. The fourth-order valence-corrected chi connectivity index (χ4v) is 6.22. The van der Waals surface area contributed by atoms with Crippen LogP contribution in [0.25, 0.3) is 64.6 Å². The normalized spacial score (nSPS) is 13.0. The molecule has 7 aromatic rings. The van der Waals surface area contributed by atoms with Crippen LogP contribution in [0, 0.1) is 0 Å². The van der Waals surface area contributed by atoms with Crippen LogP contribution in [0.5, 0.6) is 0 Å². The monoisotopic (exact) mass is 396 g/mol. The molecule has 0 saturated heterocycles. The lowest BCUT2D eigenvalue weighted by atomic mass is 9.83. The van der Waals surface area contributed by atoms with Gasteiger partial charge in [-0.2, -0.15) is 0 Å². The SMILES string of the molecule is Sc1c(S)c2c(S)cc3ccc4ccc5ccc6ccc1c1c6c5c4c3c21. The number of thiol groups is 3. The maximum absolute atomic E-state index is 4.87. The highest BCUT2D eigenvalue weighted by Crippen LogP contribution is 2.52. The second-order valence-corrected chi connectivity index (χ2v) is 8.80. The summed E-state index contributed by atoms with van der Waals surface area (Å²) < 4.78 is 0. The van der Waals surface area contributed by atoms with E-state index in [9.17, 15) is 0 Å². The molecule has 7 rings (SSSR count). The first-order valence-corrected chi connectivity index (χ1v) is 10.2. The van der Waals surface area contributed by atoms with Gasteiger partial charge in [-0.25, -0.2) is 0 Å². The number of benzene rings is 7. The molecule has 0 N–H and O–H groups in total. The molecule has 0 unspecified atom stereocenters. The lowest BCUT2D eigenvalue weighted by Crippen LogP contribution is -1.95. The summed E-state index contributed by atoms with van der Waals surface area (Å²) in [6, 6.07) is 20.0. The van der Waals surface area contributed by atoms with Gasteiger partial charge in [-0.15, -0.1) is 37.9 Å². The largest absolute Gasteiger partial charge is 0.143 e. The van der Waals surface area contributed by atoms with E-state index in [0.29, 0.717) is 0 Å². The molecule has 0 aliphatic heterocycles. The molecule has 0 saturated carbocycles. The fraction of sp³-hybridized carbons (Fsp3) is 0. The number of rotatable bonds is 0. The summed E-state index contributed by atoms with van der Waals surface area (Å²) in [6.45, 7) is 0. The molecule has 27 heavy (non-hydrogen) atoms. The summed E-state index contributed by atoms with van der Waals surface area (Å²) in [5, 5.41) is 15.3. The average molecular weight is 397 g/mol. The van der Waals surface area contributed by atoms with Gasteiger partial charge in [0.1, 0.15) is 0 Å². The van der Waals surface area contributed by atoms with Crippen molar-refractivity contribution in [1.82, 2.24) is 0 Å². The average Bonchev–Trinajstić information content (AvgIpc) is 2.69. The van der Waals surface area contributed by atoms with Gasteiger partial charge in [-0.3, -0.25) is 0 Å². The molecule has 0 amide bonds. The summed E-state index contributed by atoms with van der Waals surface area (Å²) in [6.07, 6.45) is 0. The lowest BCUT2D eigenvalue weighted by molar-refractivity contribution is 1.35. The predicted molar refractivity (Wildman–Crippen MR) is 127 cm³/mol. The molecular formula is C24H12S3. The van der Waals surface area contributed by atoms with Crippen molar-refractivity contribution in [3.8, 4) is 0 Å². The Morgan fingerprint density at radius 2 is 0.889 bits per heavy atom. The van der Waals surface area contributed by atoms with Gasteiger partial charge in [0.25, 0.3) is 0 Å². The van der Waals surface area contributed by atoms with Crippen LogP contribution in [0.3, 0.4) is 0 Å². The van der Waals surface area contributed by atoms with Crippen molar-refractivity contribution < 1.29 is 0 Å². The molecule has 0 bridgehead atoms. The van der Waals surface area contributed by atoms with Crippen molar-refractivity contribution in [3.63, 3.8) is 0 Å². The molecule has 0 spiro atoms. The van der Waals surface area contributed by atoms with Crippen LogP contribution in [0.4, 0.5) is 0 Å². The molecule has 0 fully saturated rings. The van der Waals surface area contributed by atoms with Gasteiger partial charge < -0.3 is 0 Å². The quantitative estimate of drug-likeness (QED) is 0.130. The molecular weight excluding hydrogens is 384 g/mol. The minimum Gasteiger partial charge on any atom is -0.143 e. The van der Waals surface area contributed by atoms with E-state index in [4.69, 9.17) is 37.9 Å². The van der Waals surface area contributed by atoms with E-state index in [1.807, 2.05) is 0 Å². The Morgan fingerprint density at radius 3 is 1.52 bits per heavy atom. The third-order valence-corrected chi connectivity index (χ3v) is 7.64. The van der Waals surface area contributed by atoms with Crippen molar-refractivity contribution in [2.75, 3.05) is 0 Å². The zero-order valence-electron chi connectivity index (χ0n) is 14.0. The van der Waals surface area contributed by atoms with Gasteiger partial charge in [-0.05, 0) is 59.9 Å². The van der Waals surface area contributed by atoms with Crippen molar-refractivity contribution in [2.45, 2.75) is 14.7 Å². The Kier molecular flexibility index (Phi) is 2.58. The summed E-state index contributed by atoms with van der Waals surface area (Å²) in [4.78, 5) is 2.80. The van der Waals surface area contributed by atoms with Gasteiger partial charge in [0, 0.05) is 25.5 Å². The molecule has 0 atom stereocenters. The van der Waals surface area contributed by atoms with Gasteiger partial charge in [-0.1, -0.05) is 48.5 Å². The van der Waals surface area contributed by atoms with Crippen molar-refractivity contribution >= 4 is 103 Å². The highest BCUT2D eigenvalue weighted by Gasteiger charge is 2.23. The van der Waals surface area contributed by atoms with Crippen LogP contribution in [-0.4, -0.2) is 0 Å². The van der Waals surface area contributed by atoms with Crippen molar-refractivity contribution in [3.05, 3.63) is 54.6 Å². The molecule has 3 heteroatoms. The standard InChI is InChI=1S/C24H12S3/c25-15-9-13-6-5-11-2-1-10-3-4-12-7-8-14-20-18(12)16(10)17(11)19(13)22(20)21(15)24(27)23(14)26/h1-9,25-27H. The highest BCUT2D eigenvalue weighted by molar-refractivity contribution is 7.84. The second-order valence-electron chi connectivity index (χ2n) is 7.42. The van der Waals surface area contributed by atoms with Crippen molar-refractivity contribution in [1.29, 1.82) is 0 Å². The Hall–Kier alpha value is -2.07. The zero-order valence-corrected chi connectivity index (χ0v) is 16.7. The van der Waals surface area contributed by atoms with E-state index in [2.05, 4.69) is 54.6 Å². The first-order chi connectivity index (χ1) is 13.1. The predicted octanol–water partition coefficient (Wildman–Crippen LogP) is 7.79. The summed E-state index contributed by atoms with van der Waals surface area (Å²) in [5.41, 5.74) is 0. The minimum absolute atomic E-state index is 0.913. The third kappa shape index (κ3) is 1.56. The molecule has 0 aliphatic rings. The first kappa shape index (κ1) is 14.9. The van der Waals surface area contributed by atoms with Crippen LogP contribution in [0.15, 0.2) is 69.3 Å². The van der Waals surface area contributed by atoms with E-state index in [-0.39, 0.29) is 0 Å². The van der Waals surface area contributed by atoms with E-state index in [0.717, 1.165) is 20.1 Å². The Bertz CT molecular complexity index is 1690. The minimum atomic E-state index is 0.913. The van der Waals surface area contributed by atoms with Gasteiger partial charge >= 0.3 is 0 Å². The smallest absolute Gasteiger partial charge is 0.0271 e. The summed E-state index contributed by atoms with van der Waals surface area (Å²) >= 11 is 14.6. The highest BCUT2D eigenvalue weighted by atomic mass is 32.1. The maximum Gasteiger partial charge on any atom is 0.0271 e. The van der Waals surface area contributed by atoms with E-state index in [1.54, 1.807) is 0 Å². The number of hydrogen-bond donors (Lipinski definition) is 3. The molecule has 0 aliphatic carbocycles. The third-order valence-electron chi connectivity index (χ3n) is 6.20. The van der Waals surface area contributed by atoms with Gasteiger partial charge in [0.15, 0.2) is 0 Å². The maximum atomic E-state index is 4.87. The van der Waals surface area contributed by atoms with Gasteiger partial charge in [0.05, 0.1) is 0 Å². The van der Waals surface area contributed by atoms with Crippen LogP contribution in [0.1, 0.15) is 0 Å². The van der Waals surface area contributed by atoms with Crippen LogP contribution < -0.4 is 0 Å². The van der Waals surface area contributed by atoms with Crippen LogP contribution in [0.2, 0.25) is 0 Å². The topological polar surface area (TPSA) is 0 Å². The Labute approximate surface area is 171 Å². The molecule has 0 aromatic heterocycles. The number of hydrogen-bond acceptors (Lipinski definition) is 3. The molecule has 126 valence electrons. The molecule has 7 aromatic carbocycles. The van der Waals surface area contributed by atoms with E-state index < -0.39 is 0 Å². The van der Waals surface area contributed by atoms with Crippen LogP contribution >= 0.6 is 37.9 Å². The van der Waals surface area contributed by atoms with Gasteiger partial charge in [0.2, 0.25) is 0 Å². The Morgan fingerprint density at radius 1 is 0.407 bits per heavy atom.